The third kappa shape index (κ3) is 8.63. The van der Waals surface area contributed by atoms with Crippen LogP contribution < -0.4 is 21.3 Å². The lowest BCUT2D eigenvalue weighted by atomic mass is 9.99. The molecule has 2 amide bonds. The molecular weight excluding hydrogens is 582 g/mol. The second-order valence-electron chi connectivity index (χ2n) is 11.2. The fourth-order valence-electron chi connectivity index (χ4n) is 5.32. The smallest absolute Gasteiger partial charge is 0.262 e. The summed E-state index contributed by atoms with van der Waals surface area (Å²) in [6.45, 7) is 6.63. The van der Waals surface area contributed by atoms with E-state index in [1.54, 1.807) is 12.4 Å². The van der Waals surface area contributed by atoms with Crippen LogP contribution in [-0.4, -0.2) is 38.9 Å². The van der Waals surface area contributed by atoms with Crippen LogP contribution in [-0.2, 0) is 31.5 Å². The summed E-state index contributed by atoms with van der Waals surface area (Å²) >= 11 is 1.43. The van der Waals surface area contributed by atoms with Crippen molar-refractivity contribution in [3.63, 3.8) is 0 Å². The maximum absolute atomic E-state index is 13.7. The molecule has 3 aromatic heterocycles. The highest BCUT2D eigenvalue weighted by atomic mass is 32.1. The number of rotatable bonds is 15. The molecule has 0 bridgehead atoms. The van der Waals surface area contributed by atoms with Gasteiger partial charge < -0.3 is 25.8 Å². The number of fused-ring (bicyclic) bond motifs is 1. The van der Waals surface area contributed by atoms with Crippen LogP contribution in [0.3, 0.4) is 0 Å². The average molecular weight is 624 g/mol. The first-order valence-corrected chi connectivity index (χ1v) is 16.2. The molecule has 0 radical (unpaired) electrons. The molecule has 0 aliphatic heterocycles. The number of aromatic nitrogens is 3. The lowest BCUT2D eigenvalue weighted by molar-refractivity contribution is -0.123. The average Bonchev–Trinajstić information content (AvgIpc) is 3.69. The molecule has 2 aromatic carbocycles. The van der Waals surface area contributed by atoms with Gasteiger partial charge in [-0.3, -0.25) is 14.6 Å². The Kier molecular flexibility index (Phi) is 11.1. The molecule has 0 fully saturated rings. The van der Waals surface area contributed by atoms with Crippen LogP contribution in [0.5, 0.6) is 0 Å². The largest absolute Gasteiger partial charge is 0.348 e. The number of hydrogen-bond donors (Lipinski definition) is 4. The number of aryl methyl sites for hydroxylation is 2. The zero-order valence-corrected chi connectivity index (χ0v) is 26.9. The molecule has 2 atom stereocenters. The first-order valence-electron chi connectivity index (χ1n) is 15.3. The summed E-state index contributed by atoms with van der Waals surface area (Å²) in [6, 6.07) is 21.1. The fourth-order valence-corrected chi connectivity index (χ4v) is 6.20. The van der Waals surface area contributed by atoms with E-state index in [1.807, 2.05) is 80.2 Å². The van der Waals surface area contributed by atoms with Crippen molar-refractivity contribution in [3.05, 3.63) is 118 Å². The molecule has 0 saturated heterocycles. The molecule has 45 heavy (non-hydrogen) atoms. The van der Waals surface area contributed by atoms with E-state index in [0.717, 1.165) is 38.3 Å². The number of amides is 2. The molecule has 0 aliphatic carbocycles. The molecule has 3 heterocycles. The van der Waals surface area contributed by atoms with E-state index in [9.17, 15) is 9.59 Å². The zero-order valence-electron chi connectivity index (χ0n) is 26.0. The minimum absolute atomic E-state index is 0.196. The summed E-state index contributed by atoms with van der Waals surface area (Å²) in [5.74, 6) is 0.504. The number of imidazole rings is 1. The predicted molar refractivity (Wildman–Crippen MR) is 180 cm³/mol. The molecule has 5 rings (SSSR count). The molecule has 234 valence electrons. The van der Waals surface area contributed by atoms with E-state index in [0.29, 0.717) is 43.9 Å². The van der Waals surface area contributed by atoms with Gasteiger partial charge in [0.1, 0.15) is 11.9 Å². The van der Waals surface area contributed by atoms with Gasteiger partial charge in [-0.15, -0.1) is 11.3 Å². The van der Waals surface area contributed by atoms with Gasteiger partial charge in [-0.05, 0) is 73.3 Å². The van der Waals surface area contributed by atoms with Crippen molar-refractivity contribution in [2.75, 3.05) is 6.54 Å². The normalized spacial score (nSPS) is 12.6. The van der Waals surface area contributed by atoms with E-state index in [4.69, 9.17) is 0 Å². The van der Waals surface area contributed by atoms with Crippen LogP contribution >= 0.6 is 11.3 Å². The van der Waals surface area contributed by atoms with Gasteiger partial charge in [0.25, 0.3) is 5.91 Å². The Bertz CT molecular complexity index is 1720. The van der Waals surface area contributed by atoms with Crippen molar-refractivity contribution in [1.29, 1.82) is 0 Å². The topological polar surface area (TPSA) is 113 Å². The van der Waals surface area contributed by atoms with E-state index in [-0.39, 0.29) is 17.9 Å². The summed E-state index contributed by atoms with van der Waals surface area (Å²) in [4.78, 5) is 37.4. The summed E-state index contributed by atoms with van der Waals surface area (Å²) in [6.07, 6.45) is 6.69. The molecule has 10 heteroatoms. The van der Waals surface area contributed by atoms with Gasteiger partial charge in [-0.25, -0.2) is 4.98 Å². The van der Waals surface area contributed by atoms with Crippen molar-refractivity contribution in [1.82, 2.24) is 35.8 Å². The number of carbonyl (C=O) groups excluding carboxylic acids is 2. The van der Waals surface area contributed by atoms with Crippen molar-refractivity contribution < 1.29 is 9.59 Å². The maximum Gasteiger partial charge on any atom is 0.262 e. The highest BCUT2D eigenvalue weighted by molar-refractivity contribution is 7.14. The quantitative estimate of drug-likeness (QED) is 0.120. The summed E-state index contributed by atoms with van der Waals surface area (Å²) in [5, 5.41) is 15.2. The third-order valence-electron chi connectivity index (χ3n) is 7.92. The standard InChI is InChI=1S/C35H41N7O2S/c1-24-9-7-18-38-31(24)22-36-17-8-14-30(34(43)40-25(2)28-13-6-11-26-10-4-5-12-29(26)28)41-35(44)32-16-15-27(45-32)21-37-23-33-39-19-20-42(33)3/h4-7,9-13,15-16,18-20,25,30,36-37H,8,14,17,21-23H2,1-3H3,(H,40,43)(H,41,44)/t25-,30-/m0/s1. The van der Waals surface area contributed by atoms with Gasteiger partial charge >= 0.3 is 0 Å². The number of hydrogen-bond acceptors (Lipinski definition) is 7. The Morgan fingerprint density at radius 2 is 1.73 bits per heavy atom. The number of nitrogens with zero attached hydrogens (tertiary/aromatic N) is 3. The maximum atomic E-state index is 13.7. The minimum Gasteiger partial charge on any atom is -0.348 e. The Labute approximate surface area is 268 Å². The van der Waals surface area contributed by atoms with Crippen LogP contribution in [0.25, 0.3) is 10.8 Å². The van der Waals surface area contributed by atoms with E-state index in [2.05, 4.69) is 49.4 Å². The number of nitrogens with one attached hydrogen (secondary N) is 4. The Hall–Kier alpha value is -4.38. The van der Waals surface area contributed by atoms with E-state index < -0.39 is 6.04 Å². The lowest BCUT2D eigenvalue weighted by Crippen LogP contribution is -2.47. The van der Waals surface area contributed by atoms with E-state index >= 15 is 0 Å². The second-order valence-corrected chi connectivity index (χ2v) is 12.4. The second kappa shape index (κ2) is 15.6. The zero-order chi connectivity index (χ0) is 31.6. The van der Waals surface area contributed by atoms with Crippen molar-refractivity contribution in [3.8, 4) is 0 Å². The van der Waals surface area contributed by atoms with Crippen LogP contribution in [0.1, 0.15) is 63.0 Å². The highest BCUT2D eigenvalue weighted by Crippen LogP contribution is 2.24. The van der Waals surface area contributed by atoms with Crippen LogP contribution in [0.15, 0.2) is 85.3 Å². The molecule has 0 unspecified atom stereocenters. The Balaban J connectivity index is 1.21. The SMILES string of the molecule is Cc1cccnc1CNCCC[C@H](NC(=O)c1ccc(CNCc2nccn2C)s1)C(=O)N[C@@H](C)c1cccc2ccccc12. The first kappa shape index (κ1) is 32.0. The molecular formula is C35H41N7O2S. The number of thiophene rings is 1. The predicted octanol–water partition coefficient (Wildman–Crippen LogP) is 5.17. The number of benzene rings is 2. The van der Waals surface area contributed by atoms with Crippen LogP contribution in [0, 0.1) is 6.92 Å². The van der Waals surface area contributed by atoms with Gasteiger partial charge in [0.05, 0.1) is 23.2 Å². The van der Waals surface area contributed by atoms with Gasteiger partial charge in [-0.1, -0.05) is 48.5 Å². The molecule has 9 nitrogen and oxygen atoms in total. The summed E-state index contributed by atoms with van der Waals surface area (Å²) < 4.78 is 1.97. The van der Waals surface area contributed by atoms with Crippen LogP contribution in [0.2, 0.25) is 0 Å². The Morgan fingerprint density at radius 3 is 2.56 bits per heavy atom. The van der Waals surface area contributed by atoms with Crippen molar-refractivity contribution in [2.45, 2.75) is 58.4 Å². The van der Waals surface area contributed by atoms with Gasteiger partial charge in [0, 0.05) is 43.6 Å². The Morgan fingerprint density at radius 1 is 0.889 bits per heavy atom. The van der Waals surface area contributed by atoms with Crippen molar-refractivity contribution in [2.24, 2.45) is 7.05 Å². The summed E-state index contributed by atoms with van der Waals surface area (Å²) in [5.41, 5.74) is 3.19. The monoisotopic (exact) mass is 623 g/mol. The van der Waals surface area contributed by atoms with Crippen molar-refractivity contribution >= 4 is 33.9 Å². The molecule has 5 aromatic rings. The third-order valence-corrected chi connectivity index (χ3v) is 9.00. The fraction of sp³-hybridized carbons (Fsp3) is 0.314. The molecule has 0 aliphatic rings. The first-order chi connectivity index (χ1) is 21.9. The number of pyridine rings is 1. The number of carbonyl (C=O) groups is 2. The molecule has 4 N–H and O–H groups in total. The van der Waals surface area contributed by atoms with E-state index in [1.165, 1.54) is 11.3 Å². The summed E-state index contributed by atoms with van der Waals surface area (Å²) in [7, 11) is 1.96. The highest BCUT2D eigenvalue weighted by Gasteiger charge is 2.24. The van der Waals surface area contributed by atoms with Gasteiger partial charge in [0.2, 0.25) is 5.91 Å². The van der Waals surface area contributed by atoms with Gasteiger partial charge in [0.15, 0.2) is 0 Å². The minimum atomic E-state index is -0.680. The van der Waals surface area contributed by atoms with Crippen LogP contribution in [0.4, 0.5) is 0 Å². The van der Waals surface area contributed by atoms with Gasteiger partial charge in [-0.2, -0.15) is 0 Å². The lowest BCUT2D eigenvalue weighted by Gasteiger charge is -2.22. The molecule has 0 saturated carbocycles. The molecule has 0 spiro atoms.